The first-order chi connectivity index (χ1) is 20.7. The summed E-state index contributed by atoms with van der Waals surface area (Å²) in [4.78, 5) is 25.3. The van der Waals surface area contributed by atoms with E-state index in [9.17, 15) is 9.36 Å². The van der Waals surface area contributed by atoms with E-state index in [4.69, 9.17) is 54.6 Å². The Bertz CT molecular complexity index is 1590. The zero-order chi connectivity index (χ0) is 29.8. The van der Waals surface area contributed by atoms with Gasteiger partial charge in [0.25, 0.3) is 0 Å². The summed E-state index contributed by atoms with van der Waals surface area (Å²) in [5, 5.41) is 0.525. The van der Waals surface area contributed by atoms with Crippen LogP contribution in [0.4, 0.5) is 10.7 Å². The second kappa shape index (κ2) is 11.1. The Morgan fingerprint density at radius 2 is 2.12 bits per heavy atom. The van der Waals surface area contributed by atoms with Crippen molar-refractivity contribution in [1.82, 2.24) is 19.5 Å². The predicted molar refractivity (Wildman–Crippen MR) is 147 cm³/mol. The summed E-state index contributed by atoms with van der Waals surface area (Å²) in [5.41, 5.74) is 6.00. The number of carbonyl (C=O) groups excluding carboxylic acids is 1. The number of halogens is 1. The molecule has 0 bridgehead atoms. The van der Waals surface area contributed by atoms with Crippen LogP contribution < -0.4 is 10.5 Å². The van der Waals surface area contributed by atoms with Crippen molar-refractivity contribution < 1.29 is 46.6 Å². The number of carbonyl (C=O) groups is 1. The minimum absolute atomic E-state index is 0.0120. The van der Waals surface area contributed by atoms with Gasteiger partial charge in [0.05, 0.1) is 32.5 Å². The Balaban J connectivity index is 1.13. The molecule has 1 aromatic carbocycles. The number of nitrogens with zero attached hydrogens (tertiary/aromatic N) is 4. The molecule has 0 spiro atoms. The zero-order valence-corrected chi connectivity index (χ0v) is 24.6. The maximum absolute atomic E-state index is 13.5. The Labute approximate surface area is 250 Å². The monoisotopic (exact) mass is 637 g/mol. The van der Waals surface area contributed by atoms with E-state index in [-0.39, 0.29) is 36.6 Å². The molecule has 17 heteroatoms. The second-order valence-electron chi connectivity index (χ2n) is 10.9. The number of anilines is 1. The molecule has 2 aromatic heterocycles. The van der Waals surface area contributed by atoms with Gasteiger partial charge in [-0.05, 0) is 31.0 Å². The Morgan fingerprint density at radius 3 is 2.93 bits per heavy atom. The van der Waals surface area contributed by atoms with Gasteiger partial charge in [0.1, 0.15) is 12.4 Å². The first kappa shape index (κ1) is 28.7. The third-order valence-corrected chi connectivity index (χ3v) is 9.58. The fourth-order valence-electron chi connectivity index (χ4n) is 5.76. The number of imidazole rings is 1. The molecule has 0 aliphatic carbocycles. The molecule has 7 rings (SSSR count). The van der Waals surface area contributed by atoms with Crippen LogP contribution in [0.1, 0.15) is 37.7 Å². The van der Waals surface area contributed by atoms with Crippen molar-refractivity contribution in [1.29, 1.82) is 0 Å². The lowest BCUT2D eigenvalue weighted by Crippen LogP contribution is -2.42. The number of rotatable bonds is 8. The molecule has 0 saturated carbocycles. The van der Waals surface area contributed by atoms with Gasteiger partial charge in [0.15, 0.2) is 29.1 Å². The summed E-state index contributed by atoms with van der Waals surface area (Å²) in [6.07, 6.45) is -1.46. The van der Waals surface area contributed by atoms with Crippen molar-refractivity contribution in [2.45, 2.75) is 49.9 Å². The van der Waals surface area contributed by atoms with Crippen LogP contribution in [0.5, 0.6) is 5.88 Å². The molecule has 15 nitrogen and oxygen atoms in total. The highest BCUT2D eigenvalue weighted by Crippen LogP contribution is 2.58. The van der Waals surface area contributed by atoms with Crippen LogP contribution in [-0.2, 0) is 37.1 Å². The van der Waals surface area contributed by atoms with Crippen molar-refractivity contribution in [3.05, 3.63) is 41.2 Å². The molecular weight excluding hydrogens is 609 g/mol. The van der Waals surface area contributed by atoms with E-state index < -0.39 is 44.1 Å². The quantitative estimate of drug-likeness (QED) is 0.277. The van der Waals surface area contributed by atoms with Crippen LogP contribution in [0.25, 0.3) is 11.2 Å². The van der Waals surface area contributed by atoms with Crippen molar-refractivity contribution in [3.8, 4) is 5.88 Å². The highest BCUT2D eigenvalue weighted by atomic mass is 35.5. The second-order valence-corrected chi connectivity index (χ2v) is 12.9. The number of phosphoric ester groups is 1. The van der Waals surface area contributed by atoms with Gasteiger partial charge < -0.3 is 29.4 Å². The SMILES string of the molecule is C[C@@]12OC(=O)O[C@@H]1[C@@H](CO[P@@]1(=O)OCC[C@@H](c3cccc(Cl)c3)O1)O[C@H]2n1cnc2nc(N)nc(OC[C@@H]3CCOC3)c21. The van der Waals surface area contributed by atoms with E-state index in [1.54, 1.807) is 29.7 Å². The molecule has 2 N–H and O–H groups in total. The van der Waals surface area contributed by atoms with E-state index in [0.717, 1.165) is 12.0 Å². The molecule has 230 valence electrons. The normalized spacial score (nSPS) is 33.8. The fraction of sp³-hybridized carbons (Fsp3) is 0.538. The molecular formula is C26H29ClN5O10P. The van der Waals surface area contributed by atoms with Crippen LogP contribution in [-0.4, -0.2) is 76.5 Å². The molecule has 0 radical (unpaired) electrons. The summed E-state index contributed by atoms with van der Waals surface area (Å²) >= 11 is 6.13. The van der Waals surface area contributed by atoms with Crippen molar-refractivity contribution in [2.75, 3.05) is 38.8 Å². The lowest BCUT2D eigenvalue weighted by Gasteiger charge is -2.30. The standard InChI is InChI=1S/C26H29ClN5O10P/c1-26-20(40-25(33)41-26)18(12-38-43(34)37-8-6-17(42-43)15-3-2-4-16(27)9-15)39-23(26)32-13-29-21-19(32)22(31-24(28)30-21)36-11-14-5-7-35-10-14/h2-4,9,13-14,17-18,20,23H,5-8,10-12H2,1H3,(H2,28,30,31)/t14-,17+,18-,20-,23-,26-,43-/m1/s1. The average Bonchev–Trinajstić information content (AvgIpc) is 3.75. The number of nitrogens with two attached hydrogens (primary N) is 1. The van der Waals surface area contributed by atoms with Crippen molar-refractivity contribution in [2.24, 2.45) is 5.92 Å². The van der Waals surface area contributed by atoms with Crippen LogP contribution >= 0.6 is 19.4 Å². The van der Waals surface area contributed by atoms with Gasteiger partial charge >= 0.3 is 14.0 Å². The molecule has 4 aliphatic heterocycles. The number of benzene rings is 1. The van der Waals surface area contributed by atoms with E-state index >= 15 is 0 Å². The molecule has 0 amide bonds. The Hall–Kier alpha value is -3.04. The highest BCUT2D eigenvalue weighted by molar-refractivity contribution is 7.48. The van der Waals surface area contributed by atoms with Gasteiger partial charge in [-0.3, -0.25) is 18.1 Å². The summed E-state index contributed by atoms with van der Waals surface area (Å²) in [6.45, 7) is 3.11. The van der Waals surface area contributed by atoms with Crippen molar-refractivity contribution in [3.63, 3.8) is 0 Å². The third kappa shape index (κ3) is 5.43. The van der Waals surface area contributed by atoms with Crippen LogP contribution in [0.15, 0.2) is 30.6 Å². The van der Waals surface area contributed by atoms with Gasteiger partial charge in [-0.1, -0.05) is 23.7 Å². The summed E-state index contributed by atoms with van der Waals surface area (Å²) in [5.74, 6) is 0.381. The number of hydrogen-bond donors (Lipinski definition) is 1. The van der Waals surface area contributed by atoms with Gasteiger partial charge in [-0.25, -0.2) is 14.3 Å². The largest absolute Gasteiger partial charge is 0.509 e. The van der Waals surface area contributed by atoms with Crippen LogP contribution in [0, 0.1) is 5.92 Å². The molecule has 4 saturated heterocycles. The van der Waals surface area contributed by atoms with E-state index in [0.29, 0.717) is 36.8 Å². The number of aromatic nitrogens is 4. The molecule has 7 atom stereocenters. The Morgan fingerprint density at radius 1 is 1.23 bits per heavy atom. The average molecular weight is 638 g/mol. The Kier molecular flexibility index (Phi) is 7.45. The number of phosphoric acid groups is 1. The first-order valence-electron chi connectivity index (χ1n) is 13.8. The minimum Gasteiger partial charge on any atom is -0.476 e. The van der Waals surface area contributed by atoms with Gasteiger partial charge in [-0.2, -0.15) is 9.97 Å². The van der Waals surface area contributed by atoms with E-state index in [2.05, 4.69) is 15.0 Å². The van der Waals surface area contributed by atoms with E-state index in [1.807, 2.05) is 6.07 Å². The van der Waals surface area contributed by atoms with Crippen LogP contribution in [0.3, 0.4) is 0 Å². The number of hydrogen-bond acceptors (Lipinski definition) is 14. The lowest BCUT2D eigenvalue weighted by molar-refractivity contribution is -0.0925. The van der Waals surface area contributed by atoms with Gasteiger partial charge in [0.2, 0.25) is 11.8 Å². The van der Waals surface area contributed by atoms with Crippen LogP contribution in [0.2, 0.25) is 5.02 Å². The highest BCUT2D eigenvalue weighted by Gasteiger charge is 2.64. The molecule has 6 heterocycles. The molecule has 4 fully saturated rings. The van der Waals surface area contributed by atoms with Gasteiger partial charge in [0, 0.05) is 24.0 Å². The third-order valence-electron chi connectivity index (χ3n) is 7.87. The lowest BCUT2D eigenvalue weighted by atomic mass is 9.96. The summed E-state index contributed by atoms with van der Waals surface area (Å²) in [7, 11) is -4.02. The summed E-state index contributed by atoms with van der Waals surface area (Å²) < 4.78 is 61.0. The van der Waals surface area contributed by atoms with Gasteiger partial charge in [-0.15, -0.1) is 0 Å². The number of nitrogen functional groups attached to an aromatic ring is 1. The summed E-state index contributed by atoms with van der Waals surface area (Å²) in [6, 6.07) is 7.08. The fourth-order valence-corrected chi connectivity index (χ4v) is 7.35. The maximum atomic E-state index is 13.5. The smallest absolute Gasteiger partial charge is 0.476 e. The topological polar surface area (TPSA) is 178 Å². The van der Waals surface area contributed by atoms with E-state index in [1.165, 1.54) is 6.33 Å². The molecule has 0 unspecified atom stereocenters. The zero-order valence-electron chi connectivity index (χ0n) is 23.0. The molecule has 4 aliphatic rings. The molecule has 43 heavy (non-hydrogen) atoms. The number of fused-ring (bicyclic) bond motifs is 2. The first-order valence-corrected chi connectivity index (χ1v) is 15.6. The predicted octanol–water partition coefficient (Wildman–Crippen LogP) is 3.97. The van der Waals surface area contributed by atoms with Crippen molar-refractivity contribution >= 4 is 42.7 Å². The maximum Gasteiger partial charge on any atom is 0.509 e. The number of ether oxygens (including phenoxy) is 5. The molecule has 3 aromatic rings. The minimum atomic E-state index is -4.02.